The summed E-state index contributed by atoms with van der Waals surface area (Å²) in [5, 5.41) is 2.90. The monoisotopic (exact) mass is 161 g/mol. The van der Waals surface area contributed by atoms with E-state index in [0.717, 1.165) is 6.54 Å². The van der Waals surface area contributed by atoms with E-state index in [4.69, 9.17) is 0 Å². The SMILES string of the molecule is C=C.CCC.FC1CCNC1. The smallest absolute Gasteiger partial charge is 0.114 e. The zero-order valence-electron chi connectivity index (χ0n) is 7.70. The van der Waals surface area contributed by atoms with Gasteiger partial charge in [0, 0.05) is 6.54 Å². The second kappa shape index (κ2) is 12.3. The largest absolute Gasteiger partial charge is 0.314 e. The summed E-state index contributed by atoms with van der Waals surface area (Å²) in [4.78, 5) is 0. The lowest BCUT2D eigenvalue weighted by atomic mass is 10.4. The van der Waals surface area contributed by atoms with Crippen molar-refractivity contribution in [2.45, 2.75) is 32.9 Å². The van der Waals surface area contributed by atoms with Crippen LogP contribution in [0.2, 0.25) is 0 Å². The first-order valence-corrected chi connectivity index (χ1v) is 4.16. The van der Waals surface area contributed by atoms with Gasteiger partial charge in [-0.15, -0.1) is 13.2 Å². The quantitative estimate of drug-likeness (QED) is 0.538. The molecule has 1 rings (SSSR count). The predicted octanol–water partition coefficient (Wildman–Crippen LogP) is 2.54. The maximum Gasteiger partial charge on any atom is 0.114 e. The third-order valence-electron chi connectivity index (χ3n) is 1.00. The average molecular weight is 161 g/mol. The summed E-state index contributed by atoms with van der Waals surface area (Å²) < 4.78 is 11.9. The predicted molar refractivity (Wildman–Crippen MR) is 49.6 cm³/mol. The molecule has 0 saturated carbocycles. The molecule has 0 bridgehead atoms. The van der Waals surface area contributed by atoms with Crippen LogP contribution >= 0.6 is 0 Å². The maximum atomic E-state index is 11.9. The van der Waals surface area contributed by atoms with E-state index in [0.29, 0.717) is 13.0 Å². The number of nitrogens with one attached hydrogen (secondary N) is 1. The van der Waals surface area contributed by atoms with Crippen LogP contribution in [-0.4, -0.2) is 19.3 Å². The van der Waals surface area contributed by atoms with Crippen molar-refractivity contribution in [1.29, 1.82) is 0 Å². The molecule has 11 heavy (non-hydrogen) atoms. The average Bonchev–Trinajstić information content (AvgIpc) is 2.46. The van der Waals surface area contributed by atoms with Crippen LogP contribution < -0.4 is 5.32 Å². The molecule has 1 aliphatic heterocycles. The molecule has 1 unspecified atom stereocenters. The molecular formula is C9H20FN. The van der Waals surface area contributed by atoms with E-state index in [9.17, 15) is 4.39 Å². The van der Waals surface area contributed by atoms with Crippen molar-refractivity contribution >= 4 is 0 Å². The number of rotatable bonds is 0. The maximum absolute atomic E-state index is 11.9. The van der Waals surface area contributed by atoms with Crippen LogP contribution in [0.25, 0.3) is 0 Å². The van der Waals surface area contributed by atoms with Crippen molar-refractivity contribution in [3.05, 3.63) is 13.2 Å². The summed E-state index contributed by atoms with van der Waals surface area (Å²) in [7, 11) is 0. The number of hydrogen-bond acceptors (Lipinski definition) is 1. The molecule has 68 valence electrons. The van der Waals surface area contributed by atoms with Crippen LogP contribution in [0, 0.1) is 0 Å². The first kappa shape index (κ1) is 13.2. The van der Waals surface area contributed by atoms with E-state index in [2.05, 4.69) is 32.3 Å². The van der Waals surface area contributed by atoms with E-state index >= 15 is 0 Å². The van der Waals surface area contributed by atoms with Gasteiger partial charge in [-0.3, -0.25) is 0 Å². The molecule has 1 saturated heterocycles. The fourth-order valence-corrected chi connectivity index (χ4v) is 0.619. The molecular weight excluding hydrogens is 141 g/mol. The highest BCUT2D eigenvalue weighted by atomic mass is 19.1. The molecule has 1 nitrogen and oxygen atoms in total. The summed E-state index contributed by atoms with van der Waals surface area (Å²) >= 11 is 0. The van der Waals surface area contributed by atoms with Gasteiger partial charge in [-0.1, -0.05) is 20.3 Å². The van der Waals surface area contributed by atoms with Crippen molar-refractivity contribution in [3.8, 4) is 0 Å². The van der Waals surface area contributed by atoms with Crippen LogP contribution in [0.3, 0.4) is 0 Å². The fourth-order valence-electron chi connectivity index (χ4n) is 0.619. The molecule has 0 aromatic carbocycles. The first-order valence-electron chi connectivity index (χ1n) is 4.16. The molecule has 0 aromatic rings. The Morgan fingerprint density at radius 2 is 1.91 bits per heavy atom. The van der Waals surface area contributed by atoms with Gasteiger partial charge in [0.25, 0.3) is 0 Å². The molecule has 1 N–H and O–H groups in total. The summed E-state index contributed by atoms with van der Waals surface area (Å²) in [5.74, 6) is 0. The number of alkyl halides is 1. The minimum absolute atomic E-state index is 0.565. The molecule has 0 amide bonds. The normalized spacial score (nSPS) is 20.8. The van der Waals surface area contributed by atoms with Crippen molar-refractivity contribution in [1.82, 2.24) is 5.32 Å². The van der Waals surface area contributed by atoms with E-state index in [1.165, 1.54) is 6.42 Å². The molecule has 0 aromatic heterocycles. The summed E-state index contributed by atoms with van der Waals surface area (Å²) in [5.41, 5.74) is 0. The van der Waals surface area contributed by atoms with Crippen LogP contribution in [0.4, 0.5) is 4.39 Å². The Balaban J connectivity index is 0. The van der Waals surface area contributed by atoms with E-state index in [-0.39, 0.29) is 0 Å². The third-order valence-corrected chi connectivity index (χ3v) is 1.00. The van der Waals surface area contributed by atoms with E-state index in [1.54, 1.807) is 0 Å². The van der Waals surface area contributed by atoms with Crippen molar-refractivity contribution in [2.75, 3.05) is 13.1 Å². The Morgan fingerprint density at radius 3 is 2.00 bits per heavy atom. The summed E-state index contributed by atoms with van der Waals surface area (Å²) in [6.07, 6.45) is 1.39. The Morgan fingerprint density at radius 1 is 1.45 bits per heavy atom. The van der Waals surface area contributed by atoms with Gasteiger partial charge in [0.15, 0.2) is 0 Å². The first-order chi connectivity index (χ1) is 5.31. The van der Waals surface area contributed by atoms with Gasteiger partial charge in [-0.05, 0) is 13.0 Å². The fraction of sp³-hybridized carbons (Fsp3) is 0.778. The molecule has 1 heterocycles. The van der Waals surface area contributed by atoms with Gasteiger partial charge >= 0.3 is 0 Å². The number of halogens is 1. The van der Waals surface area contributed by atoms with E-state index < -0.39 is 6.17 Å². The highest BCUT2D eigenvalue weighted by Gasteiger charge is 2.10. The molecule has 1 aliphatic rings. The standard InChI is InChI=1S/C4H8FN.C3H8.C2H4/c5-4-1-2-6-3-4;1-3-2;1-2/h4,6H,1-3H2;3H2,1-2H3;1-2H2. The third kappa shape index (κ3) is 12.8. The van der Waals surface area contributed by atoms with Gasteiger partial charge in [0.1, 0.15) is 6.17 Å². The molecule has 0 aliphatic carbocycles. The Kier molecular flexibility index (Phi) is 14.8. The highest BCUT2D eigenvalue weighted by Crippen LogP contribution is 1.99. The second-order valence-corrected chi connectivity index (χ2v) is 2.30. The molecule has 2 heteroatoms. The van der Waals surface area contributed by atoms with E-state index in [1.807, 2.05) is 0 Å². The van der Waals surface area contributed by atoms with Gasteiger partial charge in [-0.25, -0.2) is 4.39 Å². The van der Waals surface area contributed by atoms with Gasteiger partial charge < -0.3 is 5.32 Å². The lowest BCUT2D eigenvalue weighted by Crippen LogP contribution is -2.08. The van der Waals surface area contributed by atoms with Crippen molar-refractivity contribution in [3.63, 3.8) is 0 Å². The van der Waals surface area contributed by atoms with Crippen LogP contribution in [0.1, 0.15) is 26.7 Å². The van der Waals surface area contributed by atoms with Crippen LogP contribution in [0.5, 0.6) is 0 Å². The lowest BCUT2D eigenvalue weighted by Gasteiger charge is -1.86. The van der Waals surface area contributed by atoms with Crippen molar-refractivity contribution in [2.24, 2.45) is 0 Å². The minimum Gasteiger partial charge on any atom is -0.314 e. The Bertz CT molecular complexity index is 60.6. The minimum atomic E-state index is -0.565. The van der Waals surface area contributed by atoms with Gasteiger partial charge in [0.2, 0.25) is 0 Å². The molecule has 0 spiro atoms. The van der Waals surface area contributed by atoms with Gasteiger partial charge in [-0.2, -0.15) is 0 Å². The summed E-state index contributed by atoms with van der Waals surface area (Å²) in [6.45, 7) is 11.7. The number of hydrogen-bond donors (Lipinski definition) is 1. The molecule has 1 fully saturated rings. The van der Waals surface area contributed by atoms with Gasteiger partial charge in [0.05, 0.1) is 0 Å². The highest BCUT2D eigenvalue weighted by molar-refractivity contribution is 4.68. The Labute approximate surface area is 69.7 Å². The van der Waals surface area contributed by atoms with Crippen molar-refractivity contribution < 1.29 is 4.39 Å². The zero-order chi connectivity index (χ0) is 9.11. The van der Waals surface area contributed by atoms with Crippen LogP contribution in [-0.2, 0) is 0 Å². The summed E-state index contributed by atoms with van der Waals surface area (Å²) in [6, 6.07) is 0. The Hall–Kier alpha value is -0.370. The lowest BCUT2D eigenvalue weighted by molar-refractivity contribution is 0.361. The second-order valence-electron chi connectivity index (χ2n) is 2.30. The topological polar surface area (TPSA) is 12.0 Å². The molecule has 1 atom stereocenters. The zero-order valence-corrected chi connectivity index (χ0v) is 7.70. The molecule has 0 radical (unpaired) electrons. The van der Waals surface area contributed by atoms with Crippen LogP contribution in [0.15, 0.2) is 13.2 Å².